The van der Waals surface area contributed by atoms with Crippen LogP contribution in [-0.2, 0) is 0 Å². The molecule has 0 aromatic heterocycles. The maximum Gasteiger partial charge on any atom is 0.255 e. The molecule has 1 aliphatic rings. The summed E-state index contributed by atoms with van der Waals surface area (Å²) in [5.41, 5.74) is 0.317. The highest BCUT2D eigenvalue weighted by Gasteiger charge is 2.31. The maximum atomic E-state index is 13.4. The van der Waals surface area contributed by atoms with E-state index < -0.39 is 5.82 Å². The van der Waals surface area contributed by atoms with Gasteiger partial charge in [-0.15, -0.1) is 0 Å². The topological polar surface area (TPSA) is 32.3 Å². The lowest BCUT2D eigenvalue weighted by Gasteiger charge is -2.39. The van der Waals surface area contributed by atoms with E-state index in [-0.39, 0.29) is 22.0 Å². The molecule has 0 bridgehead atoms. The van der Waals surface area contributed by atoms with Crippen molar-refractivity contribution in [2.24, 2.45) is 0 Å². The van der Waals surface area contributed by atoms with E-state index in [4.69, 9.17) is 11.6 Å². The van der Waals surface area contributed by atoms with E-state index in [0.29, 0.717) is 13.1 Å². The van der Waals surface area contributed by atoms with Gasteiger partial charge in [-0.3, -0.25) is 4.79 Å². The minimum atomic E-state index is -0.551. The minimum absolute atomic E-state index is 0.0719. The van der Waals surface area contributed by atoms with Gasteiger partial charge in [-0.2, -0.15) is 0 Å². The molecule has 0 aliphatic carbocycles. The summed E-state index contributed by atoms with van der Waals surface area (Å²) >= 11 is 5.86. The standard InChI is InChI=1S/C14H18ClFN2O/c1-14(17-2)6-8-18(9-7-14)13(19)10-4-3-5-11(16)12(10)15/h3-5,17H,6-9H2,1-2H3. The van der Waals surface area contributed by atoms with Gasteiger partial charge >= 0.3 is 0 Å². The molecule has 2 rings (SSSR count). The summed E-state index contributed by atoms with van der Waals surface area (Å²) in [6.07, 6.45) is 1.75. The molecule has 104 valence electrons. The number of carbonyl (C=O) groups excluding carboxylic acids is 1. The summed E-state index contributed by atoms with van der Waals surface area (Å²) in [5, 5.41) is 3.19. The Morgan fingerprint density at radius 2 is 2.05 bits per heavy atom. The Morgan fingerprint density at radius 1 is 1.42 bits per heavy atom. The van der Waals surface area contributed by atoms with Crippen LogP contribution >= 0.6 is 11.6 Å². The highest BCUT2D eigenvalue weighted by molar-refractivity contribution is 6.34. The first-order valence-corrected chi connectivity index (χ1v) is 6.77. The zero-order chi connectivity index (χ0) is 14.0. The van der Waals surface area contributed by atoms with Gasteiger partial charge in [0, 0.05) is 18.6 Å². The van der Waals surface area contributed by atoms with Crippen molar-refractivity contribution in [2.75, 3.05) is 20.1 Å². The zero-order valence-electron chi connectivity index (χ0n) is 11.2. The second kappa shape index (κ2) is 5.47. The van der Waals surface area contributed by atoms with Gasteiger partial charge in [0.2, 0.25) is 0 Å². The number of nitrogens with one attached hydrogen (secondary N) is 1. The van der Waals surface area contributed by atoms with Crippen LogP contribution in [0.3, 0.4) is 0 Å². The molecule has 1 N–H and O–H groups in total. The molecule has 1 fully saturated rings. The molecule has 3 nitrogen and oxygen atoms in total. The van der Waals surface area contributed by atoms with Gasteiger partial charge in [0.15, 0.2) is 0 Å². The van der Waals surface area contributed by atoms with Crippen LogP contribution < -0.4 is 5.32 Å². The van der Waals surface area contributed by atoms with Gasteiger partial charge in [0.05, 0.1) is 10.6 Å². The number of amides is 1. The summed E-state index contributed by atoms with van der Waals surface area (Å²) in [4.78, 5) is 14.1. The lowest BCUT2D eigenvalue weighted by atomic mass is 9.89. The van der Waals surface area contributed by atoms with Gasteiger partial charge in [0.1, 0.15) is 5.82 Å². The predicted molar refractivity (Wildman–Crippen MR) is 74.0 cm³/mol. The average Bonchev–Trinajstić information content (AvgIpc) is 2.42. The van der Waals surface area contributed by atoms with Crippen molar-refractivity contribution in [1.82, 2.24) is 10.2 Å². The Morgan fingerprint density at radius 3 is 2.63 bits per heavy atom. The van der Waals surface area contributed by atoms with Crippen LogP contribution in [0.15, 0.2) is 18.2 Å². The number of hydrogen-bond acceptors (Lipinski definition) is 2. The van der Waals surface area contributed by atoms with Gasteiger partial charge in [-0.1, -0.05) is 17.7 Å². The van der Waals surface area contributed by atoms with Crippen LogP contribution in [0.4, 0.5) is 4.39 Å². The summed E-state index contributed by atoms with van der Waals surface area (Å²) in [5.74, 6) is -0.743. The van der Waals surface area contributed by atoms with E-state index in [1.807, 2.05) is 7.05 Å². The van der Waals surface area contributed by atoms with E-state index >= 15 is 0 Å². The molecular weight excluding hydrogens is 267 g/mol. The Balaban J connectivity index is 2.12. The fourth-order valence-electron chi connectivity index (χ4n) is 2.29. The Bertz CT molecular complexity index is 484. The Labute approximate surface area is 117 Å². The van der Waals surface area contributed by atoms with Crippen molar-refractivity contribution in [3.63, 3.8) is 0 Å². The molecule has 1 amide bonds. The second-order valence-electron chi connectivity index (χ2n) is 5.20. The van der Waals surface area contributed by atoms with Crippen molar-refractivity contribution in [1.29, 1.82) is 0 Å². The van der Waals surface area contributed by atoms with Gasteiger partial charge in [0.25, 0.3) is 5.91 Å². The molecule has 0 spiro atoms. The van der Waals surface area contributed by atoms with Crippen molar-refractivity contribution in [2.45, 2.75) is 25.3 Å². The quantitative estimate of drug-likeness (QED) is 0.906. The number of hydrogen-bond donors (Lipinski definition) is 1. The monoisotopic (exact) mass is 284 g/mol. The normalized spacial score (nSPS) is 18.4. The first-order chi connectivity index (χ1) is 8.97. The number of rotatable bonds is 2. The van der Waals surface area contributed by atoms with Crippen molar-refractivity contribution in [3.8, 4) is 0 Å². The number of likely N-dealkylation sites (tertiary alicyclic amines) is 1. The van der Waals surface area contributed by atoms with Crippen LogP contribution in [0, 0.1) is 5.82 Å². The van der Waals surface area contributed by atoms with E-state index in [9.17, 15) is 9.18 Å². The third-order valence-electron chi connectivity index (χ3n) is 3.94. The Kier molecular flexibility index (Phi) is 4.11. The van der Waals surface area contributed by atoms with Crippen molar-refractivity contribution in [3.05, 3.63) is 34.6 Å². The first kappa shape index (κ1) is 14.3. The van der Waals surface area contributed by atoms with E-state index in [2.05, 4.69) is 12.2 Å². The number of carbonyl (C=O) groups is 1. The smallest absolute Gasteiger partial charge is 0.255 e. The third kappa shape index (κ3) is 2.90. The summed E-state index contributed by atoms with van der Waals surface area (Å²) in [6.45, 7) is 3.45. The lowest BCUT2D eigenvalue weighted by molar-refractivity contribution is 0.0661. The SMILES string of the molecule is CNC1(C)CCN(C(=O)c2cccc(F)c2Cl)CC1. The van der Waals surface area contributed by atoms with E-state index in [1.54, 1.807) is 11.0 Å². The molecule has 0 saturated carbocycles. The Hall–Kier alpha value is -1.13. The maximum absolute atomic E-state index is 13.4. The molecule has 0 radical (unpaired) electrons. The van der Waals surface area contributed by atoms with Crippen LogP contribution in [-0.4, -0.2) is 36.5 Å². The fraction of sp³-hybridized carbons (Fsp3) is 0.500. The molecule has 1 aromatic rings. The van der Waals surface area contributed by atoms with Gasteiger partial charge in [-0.05, 0) is 38.9 Å². The largest absolute Gasteiger partial charge is 0.338 e. The number of halogens is 2. The van der Waals surface area contributed by atoms with Crippen LogP contribution in [0.1, 0.15) is 30.1 Å². The molecule has 1 saturated heterocycles. The number of benzene rings is 1. The third-order valence-corrected chi connectivity index (χ3v) is 4.32. The van der Waals surface area contributed by atoms with Crippen LogP contribution in [0.2, 0.25) is 5.02 Å². The summed E-state index contributed by atoms with van der Waals surface area (Å²) < 4.78 is 13.4. The molecule has 1 heterocycles. The first-order valence-electron chi connectivity index (χ1n) is 6.39. The minimum Gasteiger partial charge on any atom is -0.338 e. The zero-order valence-corrected chi connectivity index (χ0v) is 11.9. The lowest BCUT2D eigenvalue weighted by Crippen LogP contribution is -2.51. The molecule has 19 heavy (non-hydrogen) atoms. The van der Waals surface area contributed by atoms with Crippen molar-refractivity contribution >= 4 is 17.5 Å². The van der Waals surface area contributed by atoms with Crippen LogP contribution in [0.25, 0.3) is 0 Å². The molecule has 0 unspecified atom stereocenters. The van der Waals surface area contributed by atoms with Gasteiger partial charge < -0.3 is 10.2 Å². The highest BCUT2D eigenvalue weighted by Crippen LogP contribution is 2.25. The molecule has 5 heteroatoms. The molecule has 1 aliphatic heterocycles. The predicted octanol–water partition coefficient (Wildman–Crippen LogP) is 2.69. The van der Waals surface area contributed by atoms with Crippen molar-refractivity contribution < 1.29 is 9.18 Å². The van der Waals surface area contributed by atoms with Gasteiger partial charge in [-0.25, -0.2) is 4.39 Å². The molecule has 1 aromatic carbocycles. The van der Waals surface area contributed by atoms with E-state index in [0.717, 1.165) is 12.8 Å². The number of piperidine rings is 1. The van der Waals surface area contributed by atoms with Crippen LogP contribution in [0.5, 0.6) is 0 Å². The fourth-order valence-corrected chi connectivity index (χ4v) is 2.50. The number of nitrogens with zero attached hydrogens (tertiary/aromatic N) is 1. The van der Waals surface area contributed by atoms with E-state index in [1.165, 1.54) is 12.1 Å². The summed E-state index contributed by atoms with van der Waals surface area (Å²) in [7, 11) is 1.93. The highest BCUT2D eigenvalue weighted by atomic mass is 35.5. The summed E-state index contributed by atoms with van der Waals surface area (Å²) in [6, 6.07) is 4.34. The average molecular weight is 285 g/mol. The molecule has 0 atom stereocenters. The second-order valence-corrected chi connectivity index (χ2v) is 5.58. The molecular formula is C14H18ClFN2O.